The summed E-state index contributed by atoms with van der Waals surface area (Å²) >= 11 is 0. The lowest BCUT2D eigenvalue weighted by molar-refractivity contribution is -0.119. The summed E-state index contributed by atoms with van der Waals surface area (Å²) in [5, 5.41) is 0.711. The summed E-state index contributed by atoms with van der Waals surface area (Å²) in [6.07, 6.45) is 4.11. The van der Waals surface area contributed by atoms with E-state index in [-0.39, 0.29) is 11.9 Å². The molecule has 0 unspecified atom stereocenters. The molecule has 1 saturated heterocycles. The molecule has 5 nitrogen and oxygen atoms in total. The highest BCUT2D eigenvalue weighted by atomic mass is 16.6. The molecule has 0 spiro atoms. The third-order valence-electron chi connectivity index (χ3n) is 3.98. The van der Waals surface area contributed by atoms with E-state index < -0.39 is 5.60 Å². The minimum absolute atomic E-state index is 0.128. The summed E-state index contributed by atoms with van der Waals surface area (Å²) < 4.78 is 5.49. The van der Waals surface area contributed by atoms with Crippen molar-refractivity contribution in [1.29, 1.82) is 0 Å². The number of aromatic nitrogens is 1. The summed E-state index contributed by atoms with van der Waals surface area (Å²) in [7, 11) is 0. The fraction of sp³-hybridized carbons (Fsp3) is 0.421. The van der Waals surface area contributed by atoms with Crippen LogP contribution in [0.3, 0.4) is 0 Å². The lowest BCUT2D eigenvalue weighted by atomic mass is 10.1. The summed E-state index contributed by atoms with van der Waals surface area (Å²) in [5.74, 6) is -0.250. The Morgan fingerprint density at radius 1 is 1.21 bits per heavy atom. The van der Waals surface area contributed by atoms with E-state index in [1.54, 1.807) is 17.2 Å². The second kappa shape index (κ2) is 6.23. The van der Waals surface area contributed by atoms with Gasteiger partial charge in [-0.2, -0.15) is 0 Å². The van der Waals surface area contributed by atoms with Crippen molar-refractivity contribution in [3.63, 3.8) is 0 Å². The van der Waals surface area contributed by atoms with Gasteiger partial charge in [0.1, 0.15) is 5.60 Å². The third kappa shape index (κ3) is 3.40. The smallest absolute Gasteiger partial charge is 0.339 e. The van der Waals surface area contributed by atoms with Gasteiger partial charge in [0.15, 0.2) is 0 Å². The highest BCUT2D eigenvalue weighted by Crippen LogP contribution is 2.27. The molecule has 0 atom stereocenters. The van der Waals surface area contributed by atoms with Gasteiger partial charge in [-0.25, -0.2) is 4.79 Å². The zero-order valence-corrected chi connectivity index (χ0v) is 14.3. The van der Waals surface area contributed by atoms with Gasteiger partial charge in [0.25, 0.3) is 0 Å². The van der Waals surface area contributed by atoms with Crippen LogP contribution in [0.4, 0.5) is 5.69 Å². The number of hydrogen-bond acceptors (Lipinski definition) is 4. The number of anilines is 1. The molecule has 1 aliphatic rings. The molecule has 24 heavy (non-hydrogen) atoms. The largest absolute Gasteiger partial charge is 0.456 e. The molecule has 3 rings (SSSR count). The number of esters is 1. The van der Waals surface area contributed by atoms with E-state index in [9.17, 15) is 9.59 Å². The first kappa shape index (κ1) is 16.4. The predicted octanol–water partition coefficient (Wildman–Crippen LogP) is 3.71. The van der Waals surface area contributed by atoms with Gasteiger partial charge in [-0.3, -0.25) is 9.78 Å². The molecule has 5 heteroatoms. The van der Waals surface area contributed by atoms with Gasteiger partial charge in [-0.15, -0.1) is 0 Å². The first-order chi connectivity index (χ1) is 11.3. The van der Waals surface area contributed by atoms with E-state index in [4.69, 9.17) is 4.74 Å². The van der Waals surface area contributed by atoms with Gasteiger partial charge in [0.05, 0.1) is 11.1 Å². The van der Waals surface area contributed by atoms with Gasteiger partial charge in [-0.1, -0.05) is 0 Å². The zero-order chi connectivity index (χ0) is 17.3. The maximum absolute atomic E-state index is 12.5. The lowest BCUT2D eigenvalue weighted by Crippen LogP contribution is -2.35. The SMILES string of the molecule is CC(C)(C)OC(=O)c1ccnc2ccc(N3CCCCC3=O)cc12. The standard InChI is InChI=1S/C19H22N2O3/c1-19(2,3)24-18(23)14-9-10-20-16-8-7-13(12-15(14)16)21-11-5-4-6-17(21)22/h7-10,12H,4-6,11H2,1-3H3. The number of nitrogens with zero attached hydrogens (tertiary/aromatic N) is 2. The molecule has 0 N–H and O–H groups in total. The first-order valence-corrected chi connectivity index (χ1v) is 8.28. The van der Waals surface area contributed by atoms with Crippen molar-refractivity contribution >= 4 is 28.5 Å². The molecular weight excluding hydrogens is 304 g/mol. The molecule has 1 amide bonds. The summed E-state index contributed by atoms with van der Waals surface area (Å²) in [6.45, 7) is 6.23. The Morgan fingerprint density at radius 3 is 2.71 bits per heavy atom. The van der Waals surface area contributed by atoms with Crippen molar-refractivity contribution < 1.29 is 14.3 Å². The number of amides is 1. The number of piperidine rings is 1. The monoisotopic (exact) mass is 326 g/mol. The average molecular weight is 326 g/mol. The van der Waals surface area contributed by atoms with Crippen molar-refractivity contribution in [2.45, 2.75) is 45.6 Å². The van der Waals surface area contributed by atoms with Crippen LogP contribution in [-0.4, -0.2) is 29.0 Å². The number of benzene rings is 1. The van der Waals surface area contributed by atoms with Crippen LogP contribution in [0.1, 0.15) is 50.4 Å². The number of carbonyl (C=O) groups is 2. The van der Waals surface area contributed by atoms with Crippen LogP contribution in [0.15, 0.2) is 30.5 Å². The minimum atomic E-state index is -0.562. The Bertz CT molecular complexity index is 793. The fourth-order valence-corrected chi connectivity index (χ4v) is 2.89. The number of rotatable bonds is 2. The van der Waals surface area contributed by atoms with Crippen LogP contribution in [0, 0.1) is 0 Å². The van der Waals surface area contributed by atoms with Crippen molar-refractivity contribution in [3.05, 3.63) is 36.0 Å². The maximum Gasteiger partial charge on any atom is 0.339 e. The van der Waals surface area contributed by atoms with E-state index in [0.717, 1.165) is 18.5 Å². The van der Waals surface area contributed by atoms with E-state index in [1.165, 1.54) is 0 Å². The van der Waals surface area contributed by atoms with E-state index in [2.05, 4.69) is 4.98 Å². The predicted molar refractivity (Wildman–Crippen MR) is 93.1 cm³/mol. The van der Waals surface area contributed by atoms with Gasteiger partial charge in [0.2, 0.25) is 5.91 Å². The highest BCUT2D eigenvalue weighted by Gasteiger charge is 2.22. The molecule has 2 heterocycles. The summed E-state index contributed by atoms with van der Waals surface area (Å²) in [5.41, 5.74) is 1.44. The number of fused-ring (bicyclic) bond motifs is 1. The second-order valence-electron chi connectivity index (χ2n) is 7.06. The van der Waals surface area contributed by atoms with E-state index >= 15 is 0 Å². The quantitative estimate of drug-likeness (QED) is 0.789. The molecular formula is C19H22N2O3. The van der Waals surface area contributed by atoms with Crippen LogP contribution in [0.2, 0.25) is 0 Å². The number of pyridine rings is 1. The van der Waals surface area contributed by atoms with Crippen molar-refractivity contribution in [2.24, 2.45) is 0 Å². The van der Waals surface area contributed by atoms with Gasteiger partial charge >= 0.3 is 5.97 Å². The molecule has 126 valence electrons. The Labute approximate surface area is 141 Å². The molecule has 0 radical (unpaired) electrons. The fourth-order valence-electron chi connectivity index (χ4n) is 2.89. The van der Waals surface area contributed by atoms with Gasteiger partial charge in [-0.05, 0) is 57.9 Å². The van der Waals surface area contributed by atoms with E-state index in [1.807, 2.05) is 39.0 Å². The summed E-state index contributed by atoms with van der Waals surface area (Å²) in [4.78, 5) is 30.8. The topological polar surface area (TPSA) is 59.5 Å². The molecule has 0 saturated carbocycles. The van der Waals surface area contributed by atoms with Crippen molar-refractivity contribution in [3.8, 4) is 0 Å². The van der Waals surface area contributed by atoms with E-state index in [0.29, 0.717) is 29.4 Å². The molecule has 1 aliphatic heterocycles. The van der Waals surface area contributed by atoms with Gasteiger partial charge < -0.3 is 9.64 Å². The highest BCUT2D eigenvalue weighted by molar-refractivity contribution is 6.05. The zero-order valence-electron chi connectivity index (χ0n) is 14.3. The summed E-state index contributed by atoms with van der Waals surface area (Å²) in [6, 6.07) is 7.26. The molecule has 2 aromatic rings. The molecule has 0 bridgehead atoms. The first-order valence-electron chi connectivity index (χ1n) is 8.28. The Kier molecular flexibility index (Phi) is 4.26. The molecule has 1 aromatic heterocycles. The van der Waals surface area contributed by atoms with Crippen LogP contribution in [-0.2, 0) is 9.53 Å². The number of ether oxygens (including phenoxy) is 1. The van der Waals surface area contributed by atoms with Crippen LogP contribution < -0.4 is 4.90 Å². The van der Waals surface area contributed by atoms with Gasteiger partial charge in [0, 0.05) is 30.2 Å². The number of hydrogen-bond donors (Lipinski definition) is 0. The Balaban J connectivity index is 2.03. The lowest BCUT2D eigenvalue weighted by Gasteiger charge is -2.27. The van der Waals surface area contributed by atoms with Crippen molar-refractivity contribution in [1.82, 2.24) is 4.98 Å². The Hall–Kier alpha value is -2.43. The van der Waals surface area contributed by atoms with Crippen LogP contribution in [0.5, 0.6) is 0 Å². The normalized spacial score (nSPS) is 15.6. The minimum Gasteiger partial charge on any atom is -0.456 e. The molecule has 1 fully saturated rings. The third-order valence-corrected chi connectivity index (χ3v) is 3.98. The van der Waals surface area contributed by atoms with Crippen LogP contribution in [0.25, 0.3) is 10.9 Å². The second-order valence-corrected chi connectivity index (χ2v) is 7.06. The average Bonchev–Trinajstić information content (AvgIpc) is 2.52. The molecule has 0 aliphatic carbocycles. The number of carbonyl (C=O) groups excluding carboxylic acids is 2. The maximum atomic E-state index is 12.5. The molecule has 1 aromatic carbocycles. The van der Waals surface area contributed by atoms with Crippen LogP contribution >= 0.6 is 0 Å². The Morgan fingerprint density at radius 2 is 2.00 bits per heavy atom. The van der Waals surface area contributed by atoms with Crippen molar-refractivity contribution in [2.75, 3.05) is 11.4 Å².